The number of hydrogen-bond acceptors (Lipinski definition) is 5. The maximum atomic E-state index is 12.6. The number of alkyl halides is 3. The normalized spacial score (nSPS) is 11.2. The van der Waals surface area contributed by atoms with Gasteiger partial charge in [-0.15, -0.1) is 13.2 Å². The summed E-state index contributed by atoms with van der Waals surface area (Å²) in [6, 6.07) is 21.6. The van der Waals surface area contributed by atoms with Gasteiger partial charge in [0.25, 0.3) is 0 Å². The van der Waals surface area contributed by atoms with Gasteiger partial charge in [0.1, 0.15) is 18.0 Å². The number of anilines is 1. The molecule has 3 aromatic rings. The molecule has 0 unspecified atom stereocenters. The number of benzene rings is 3. The maximum absolute atomic E-state index is 12.6. The number of carbonyl (C=O) groups is 1. The molecule has 0 fully saturated rings. The number of nitrogens with zero attached hydrogens (tertiary/aromatic N) is 1. The van der Waals surface area contributed by atoms with E-state index in [0.29, 0.717) is 24.5 Å². The van der Waals surface area contributed by atoms with Crippen LogP contribution in [-0.4, -0.2) is 38.6 Å². The van der Waals surface area contributed by atoms with Crippen molar-refractivity contribution in [3.63, 3.8) is 0 Å². The Labute approximate surface area is 228 Å². The Bertz CT molecular complexity index is 1150. The first kappa shape index (κ1) is 29.9. The first-order chi connectivity index (χ1) is 18.8. The Balaban J connectivity index is 1.81. The highest BCUT2D eigenvalue weighted by Gasteiger charge is 2.31. The molecule has 0 spiro atoms. The Kier molecular flexibility index (Phi) is 11.5. The Morgan fingerprint density at radius 2 is 1.59 bits per heavy atom. The summed E-state index contributed by atoms with van der Waals surface area (Å²) in [6.45, 7) is 5.35. The van der Waals surface area contributed by atoms with E-state index in [4.69, 9.17) is 9.47 Å². The average Bonchev–Trinajstić information content (AvgIpc) is 2.91. The van der Waals surface area contributed by atoms with Crippen LogP contribution in [0.5, 0.6) is 11.5 Å². The third kappa shape index (κ3) is 10.2. The van der Waals surface area contributed by atoms with Crippen LogP contribution in [0.2, 0.25) is 0 Å². The highest BCUT2D eigenvalue weighted by Crippen LogP contribution is 2.35. The van der Waals surface area contributed by atoms with E-state index in [0.717, 1.165) is 43.4 Å². The molecule has 0 aliphatic carbocycles. The summed E-state index contributed by atoms with van der Waals surface area (Å²) >= 11 is 0. The van der Waals surface area contributed by atoms with Crippen molar-refractivity contribution in [1.29, 1.82) is 0 Å². The van der Waals surface area contributed by atoms with E-state index in [1.807, 2.05) is 41.3 Å². The lowest BCUT2D eigenvalue weighted by Crippen LogP contribution is -2.32. The van der Waals surface area contributed by atoms with Crippen LogP contribution in [0.1, 0.15) is 45.1 Å². The average molecular weight is 544 g/mol. The van der Waals surface area contributed by atoms with Gasteiger partial charge in [0.05, 0.1) is 18.9 Å². The molecule has 0 aromatic heterocycles. The SMILES string of the molecule is CCCCN(CC(=O)OCC)c1cc(-c2ccc(OC(F)(F)F)cc2)ccc1OCCCCc1ccccc1. The van der Waals surface area contributed by atoms with Crippen LogP contribution < -0.4 is 14.4 Å². The molecule has 0 heterocycles. The first-order valence-corrected chi connectivity index (χ1v) is 13.4. The maximum Gasteiger partial charge on any atom is 0.573 e. The number of esters is 1. The first-order valence-electron chi connectivity index (χ1n) is 13.4. The molecule has 0 amide bonds. The molecule has 0 bridgehead atoms. The zero-order valence-electron chi connectivity index (χ0n) is 22.5. The van der Waals surface area contributed by atoms with Gasteiger partial charge in [-0.2, -0.15) is 0 Å². The molecule has 0 atom stereocenters. The molecule has 39 heavy (non-hydrogen) atoms. The number of hydrogen-bond donors (Lipinski definition) is 0. The van der Waals surface area contributed by atoms with Crippen molar-refractivity contribution in [2.24, 2.45) is 0 Å². The van der Waals surface area contributed by atoms with Crippen molar-refractivity contribution in [3.8, 4) is 22.6 Å². The molecule has 0 aliphatic rings. The molecule has 0 radical (unpaired) electrons. The van der Waals surface area contributed by atoms with E-state index in [9.17, 15) is 18.0 Å². The lowest BCUT2D eigenvalue weighted by molar-refractivity contribution is -0.274. The smallest absolute Gasteiger partial charge is 0.491 e. The minimum atomic E-state index is -4.75. The van der Waals surface area contributed by atoms with Gasteiger partial charge >= 0.3 is 12.3 Å². The minimum Gasteiger partial charge on any atom is -0.491 e. The number of rotatable bonds is 15. The van der Waals surface area contributed by atoms with Crippen molar-refractivity contribution < 1.29 is 32.2 Å². The second-order valence-corrected chi connectivity index (χ2v) is 9.13. The molecule has 0 N–H and O–H groups in total. The topological polar surface area (TPSA) is 48.0 Å². The van der Waals surface area contributed by atoms with Gasteiger partial charge in [-0.1, -0.05) is 61.9 Å². The molecule has 210 valence electrons. The number of unbranched alkanes of at least 4 members (excludes halogenated alkanes) is 2. The van der Waals surface area contributed by atoms with E-state index in [1.165, 1.54) is 17.7 Å². The summed E-state index contributed by atoms with van der Waals surface area (Å²) in [5.41, 5.74) is 3.53. The van der Waals surface area contributed by atoms with Gasteiger partial charge < -0.3 is 19.1 Å². The molecule has 8 heteroatoms. The van der Waals surface area contributed by atoms with Crippen molar-refractivity contribution in [3.05, 3.63) is 78.4 Å². The highest BCUT2D eigenvalue weighted by atomic mass is 19.4. The summed E-state index contributed by atoms with van der Waals surface area (Å²) in [5, 5.41) is 0. The molecular formula is C31H36F3NO4. The number of ether oxygens (including phenoxy) is 3. The highest BCUT2D eigenvalue weighted by molar-refractivity contribution is 5.79. The van der Waals surface area contributed by atoms with Gasteiger partial charge in [-0.05, 0) is 73.6 Å². The van der Waals surface area contributed by atoms with E-state index in [2.05, 4.69) is 23.8 Å². The van der Waals surface area contributed by atoms with Crippen LogP contribution in [0.25, 0.3) is 11.1 Å². The van der Waals surface area contributed by atoms with Crippen molar-refractivity contribution in [2.45, 2.75) is 52.3 Å². The zero-order valence-corrected chi connectivity index (χ0v) is 22.5. The van der Waals surface area contributed by atoms with Crippen LogP contribution in [0, 0.1) is 0 Å². The van der Waals surface area contributed by atoms with Gasteiger partial charge in [0.15, 0.2) is 0 Å². The molecule has 3 aromatic carbocycles. The van der Waals surface area contributed by atoms with E-state index < -0.39 is 6.36 Å². The molecule has 0 saturated carbocycles. The summed E-state index contributed by atoms with van der Waals surface area (Å²) in [4.78, 5) is 14.4. The van der Waals surface area contributed by atoms with Crippen LogP contribution in [0.15, 0.2) is 72.8 Å². The van der Waals surface area contributed by atoms with Crippen molar-refractivity contribution >= 4 is 11.7 Å². The van der Waals surface area contributed by atoms with Gasteiger partial charge in [0.2, 0.25) is 0 Å². The van der Waals surface area contributed by atoms with E-state index >= 15 is 0 Å². The number of halogens is 3. The zero-order chi connectivity index (χ0) is 28.1. The molecule has 3 rings (SSSR count). The van der Waals surface area contributed by atoms with Crippen molar-refractivity contribution in [2.75, 3.05) is 31.2 Å². The second-order valence-electron chi connectivity index (χ2n) is 9.13. The predicted octanol–water partition coefficient (Wildman–Crippen LogP) is 7.82. The standard InChI is InChI=1S/C31H36F3NO4/c1-3-5-20-35(23-30(36)37-4-2)28-22-26(25-14-17-27(18-15-25)39-31(32,33)34)16-19-29(28)38-21-10-9-13-24-11-7-6-8-12-24/h6-8,11-12,14-19,22H,3-5,9-10,13,20-21,23H2,1-2H3. The summed E-state index contributed by atoms with van der Waals surface area (Å²) in [7, 11) is 0. The third-order valence-electron chi connectivity index (χ3n) is 6.09. The predicted molar refractivity (Wildman–Crippen MR) is 147 cm³/mol. The van der Waals surface area contributed by atoms with Gasteiger partial charge in [-0.3, -0.25) is 4.79 Å². The van der Waals surface area contributed by atoms with Gasteiger partial charge in [-0.25, -0.2) is 0 Å². The molecule has 5 nitrogen and oxygen atoms in total. The van der Waals surface area contributed by atoms with Crippen molar-refractivity contribution in [1.82, 2.24) is 0 Å². The quantitative estimate of drug-likeness (QED) is 0.144. The fourth-order valence-corrected chi connectivity index (χ4v) is 4.17. The summed E-state index contributed by atoms with van der Waals surface area (Å²) < 4.78 is 53.1. The third-order valence-corrected chi connectivity index (χ3v) is 6.09. The van der Waals surface area contributed by atoms with E-state index in [-0.39, 0.29) is 24.9 Å². The van der Waals surface area contributed by atoms with Crippen LogP contribution >= 0.6 is 0 Å². The minimum absolute atomic E-state index is 0.0695. The van der Waals surface area contributed by atoms with Crippen LogP contribution in [0.3, 0.4) is 0 Å². The van der Waals surface area contributed by atoms with Gasteiger partial charge in [0, 0.05) is 6.54 Å². The number of aryl methyl sites for hydroxylation is 1. The Morgan fingerprint density at radius 1 is 0.872 bits per heavy atom. The molecule has 0 aliphatic heterocycles. The fourth-order valence-electron chi connectivity index (χ4n) is 4.17. The monoisotopic (exact) mass is 543 g/mol. The fraction of sp³-hybridized carbons (Fsp3) is 0.387. The Hall–Kier alpha value is -3.68. The molecule has 0 saturated heterocycles. The number of carbonyl (C=O) groups excluding carboxylic acids is 1. The summed E-state index contributed by atoms with van der Waals surface area (Å²) in [5.74, 6) is 0.0335. The Morgan fingerprint density at radius 3 is 2.26 bits per heavy atom. The van der Waals surface area contributed by atoms with Crippen LogP contribution in [-0.2, 0) is 16.0 Å². The molecular weight excluding hydrogens is 507 g/mol. The van der Waals surface area contributed by atoms with E-state index in [1.54, 1.807) is 19.1 Å². The summed E-state index contributed by atoms with van der Waals surface area (Å²) in [6.07, 6.45) is -0.133. The lowest BCUT2D eigenvalue weighted by atomic mass is 10.0. The van der Waals surface area contributed by atoms with Crippen LogP contribution in [0.4, 0.5) is 18.9 Å². The largest absolute Gasteiger partial charge is 0.573 e. The lowest BCUT2D eigenvalue weighted by Gasteiger charge is -2.27. The second kappa shape index (κ2) is 15.0.